The Labute approximate surface area is 273 Å². The van der Waals surface area contributed by atoms with E-state index in [1.807, 2.05) is 41.9 Å². The van der Waals surface area contributed by atoms with Gasteiger partial charge in [-0.2, -0.15) is 0 Å². The van der Waals surface area contributed by atoms with E-state index in [1.165, 1.54) is 4.90 Å². The molecule has 0 aliphatic carbocycles. The molecule has 13 nitrogen and oxygen atoms in total. The lowest BCUT2D eigenvalue weighted by Crippen LogP contribution is -2.34. The first kappa shape index (κ1) is 34.4. The Kier molecular flexibility index (Phi) is 12.7. The van der Waals surface area contributed by atoms with E-state index in [1.54, 1.807) is 43.5 Å². The molecule has 1 amide bonds. The van der Waals surface area contributed by atoms with E-state index >= 15 is 0 Å². The number of carbonyl (C=O) groups excluding carboxylic acids is 3. The first-order chi connectivity index (χ1) is 22.8. The summed E-state index contributed by atoms with van der Waals surface area (Å²) in [5.74, 6) is 0.761. The molecule has 3 N–H and O–H groups in total. The minimum absolute atomic E-state index is 0.0439. The van der Waals surface area contributed by atoms with Gasteiger partial charge in [0.15, 0.2) is 6.73 Å². The number of unbranched alkanes of at least 4 members (excludes halogenated alkanes) is 2. The minimum Gasteiger partial charge on any atom is -0.466 e. The molecule has 248 valence electrons. The highest BCUT2D eigenvalue weighted by atomic mass is 16.7. The zero-order valence-electron chi connectivity index (χ0n) is 27.0. The Morgan fingerprint density at radius 2 is 1.77 bits per heavy atom. The van der Waals surface area contributed by atoms with Crippen molar-refractivity contribution in [1.82, 2.24) is 14.5 Å². The molecule has 4 aromatic rings. The van der Waals surface area contributed by atoms with Crippen LogP contribution in [-0.2, 0) is 32.6 Å². The van der Waals surface area contributed by atoms with Gasteiger partial charge >= 0.3 is 12.1 Å². The first-order valence-corrected chi connectivity index (χ1v) is 15.6. The lowest BCUT2D eigenvalue weighted by atomic mass is 10.1. The molecule has 0 aliphatic heterocycles. The molecular weight excluding hydrogens is 602 g/mol. The van der Waals surface area contributed by atoms with E-state index in [9.17, 15) is 14.4 Å². The number of rotatable bonds is 16. The van der Waals surface area contributed by atoms with Crippen molar-refractivity contribution in [2.24, 2.45) is 17.8 Å². The smallest absolute Gasteiger partial charge is 0.466 e. The van der Waals surface area contributed by atoms with Gasteiger partial charge in [0.05, 0.1) is 37.2 Å². The molecule has 0 spiro atoms. The van der Waals surface area contributed by atoms with Crippen LogP contribution in [0.5, 0.6) is 0 Å². The van der Waals surface area contributed by atoms with Crippen LogP contribution < -0.4 is 16.0 Å². The number of aliphatic imine (C=N–C) groups is 1. The zero-order chi connectivity index (χ0) is 33.6. The van der Waals surface area contributed by atoms with Crippen molar-refractivity contribution >= 4 is 46.4 Å². The number of carbonyl (C=O) groups is 3. The molecule has 47 heavy (non-hydrogen) atoms. The number of hydrogen-bond acceptors (Lipinski definition) is 10. The highest BCUT2D eigenvalue weighted by molar-refractivity contribution is 6.07. The maximum atomic E-state index is 13.6. The average molecular weight is 644 g/mol. The number of nitrogens with zero attached hydrogens (tertiary/aromatic N) is 5. The number of anilines is 2. The highest BCUT2D eigenvalue weighted by Crippen LogP contribution is 2.21. The van der Waals surface area contributed by atoms with Gasteiger partial charge in [0, 0.05) is 36.6 Å². The number of esters is 1. The van der Waals surface area contributed by atoms with Crippen LogP contribution in [0.1, 0.15) is 61.3 Å². The lowest BCUT2D eigenvalue weighted by Gasteiger charge is -2.21. The van der Waals surface area contributed by atoms with E-state index in [-0.39, 0.29) is 44.0 Å². The van der Waals surface area contributed by atoms with Crippen LogP contribution in [0.25, 0.3) is 11.0 Å². The molecule has 0 fully saturated rings. The van der Waals surface area contributed by atoms with Crippen LogP contribution in [0.3, 0.4) is 0 Å². The summed E-state index contributed by atoms with van der Waals surface area (Å²) in [4.78, 5) is 51.9. The Balaban J connectivity index is 1.37. The number of amides is 1. The van der Waals surface area contributed by atoms with Gasteiger partial charge in [-0.25, -0.2) is 19.8 Å². The molecule has 0 aliphatic rings. The number of imidazole rings is 1. The molecule has 13 heteroatoms. The number of nitrogens with one attached hydrogen (secondary N) is 1. The molecule has 0 atom stereocenters. The van der Waals surface area contributed by atoms with Crippen molar-refractivity contribution in [2.45, 2.75) is 46.1 Å². The van der Waals surface area contributed by atoms with Crippen molar-refractivity contribution in [1.29, 1.82) is 0 Å². The predicted octanol–water partition coefficient (Wildman–Crippen LogP) is 5.19. The second-order valence-electron chi connectivity index (χ2n) is 10.5. The summed E-state index contributed by atoms with van der Waals surface area (Å²) < 4.78 is 16.9. The first-order valence-electron chi connectivity index (χ1n) is 15.6. The maximum Gasteiger partial charge on any atom is 0.510 e. The van der Waals surface area contributed by atoms with Crippen LogP contribution in [0.4, 0.5) is 16.3 Å². The molecule has 0 bridgehead atoms. The molecule has 2 heterocycles. The van der Waals surface area contributed by atoms with Crippen LogP contribution in [0.2, 0.25) is 0 Å². The normalized spacial score (nSPS) is 11.3. The lowest BCUT2D eigenvalue weighted by molar-refractivity contribution is -0.142. The summed E-state index contributed by atoms with van der Waals surface area (Å²) in [6.45, 7) is 4.72. The molecule has 2 aromatic heterocycles. The summed E-state index contributed by atoms with van der Waals surface area (Å²) in [5, 5.41) is 3.35. The quantitative estimate of drug-likeness (QED) is 0.0719. The summed E-state index contributed by atoms with van der Waals surface area (Å²) in [7, 11) is 1.91. The van der Waals surface area contributed by atoms with Gasteiger partial charge in [0.25, 0.3) is 5.91 Å². The van der Waals surface area contributed by atoms with E-state index in [2.05, 4.69) is 22.2 Å². The number of pyridine rings is 1. The van der Waals surface area contributed by atoms with E-state index in [0.717, 1.165) is 36.3 Å². The van der Waals surface area contributed by atoms with Crippen molar-refractivity contribution in [2.75, 3.05) is 36.7 Å². The van der Waals surface area contributed by atoms with E-state index < -0.39 is 6.16 Å². The molecule has 4 rings (SSSR count). The standard InChI is InChI=1S/C34H41N7O6/c1-4-6-9-20-46-34(44)47-23-38-32(35)24-11-14-26(15-12-24)37-22-30-39-27-21-25(13-16-28(27)40(30)3)33(43)41(19-17-31(42)45-5-2)29-10-7-8-18-36-29/h7-8,10-16,18,21,37H,4-6,9,17,19-20,22-23H2,1-3H3,(H2,35,38). The Morgan fingerprint density at radius 1 is 0.979 bits per heavy atom. The topological polar surface area (TPSA) is 163 Å². The number of nitrogens with two attached hydrogens (primary N) is 1. The molecular formula is C34H41N7O6. The molecule has 0 saturated heterocycles. The van der Waals surface area contributed by atoms with Gasteiger partial charge in [0.2, 0.25) is 0 Å². The van der Waals surface area contributed by atoms with Crippen molar-refractivity contribution in [3.63, 3.8) is 0 Å². The number of amidine groups is 1. The largest absolute Gasteiger partial charge is 0.510 e. The van der Waals surface area contributed by atoms with E-state index in [0.29, 0.717) is 35.6 Å². The predicted molar refractivity (Wildman–Crippen MR) is 179 cm³/mol. The van der Waals surface area contributed by atoms with Gasteiger partial charge in [-0.3, -0.25) is 14.5 Å². The van der Waals surface area contributed by atoms with Gasteiger partial charge in [-0.05, 0) is 67.9 Å². The Bertz CT molecular complexity index is 1670. The number of fused-ring (bicyclic) bond motifs is 1. The fraction of sp³-hybridized carbons (Fsp3) is 0.353. The van der Waals surface area contributed by atoms with Crippen LogP contribution in [-0.4, -0.2) is 64.9 Å². The second kappa shape index (κ2) is 17.3. The SMILES string of the molecule is CCCCCOC(=O)OC/N=C(/N)c1ccc(NCc2nc3cc(C(=O)N(CCC(=O)OCC)c4ccccn4)ccc3n2C)cc1. The number of aryl methyl sites for hydroxylation is 1. The number of benzene rings is 2. The summed E-state index contributed by atoms with van der Waals surface area (Å²) in [6.07, 6.45) is 3.70. The number of ether oxygens (including phenoxy) is 3. The molecule has 0 radical (unpaired) electrons. The third kappa shape index (κ3) is 9.76. The number of aromatic nitrogens is 3. The van der Waals surface area contributed by atoms with Crippen molar-refractivity contribution < 1.29 is 28.6 Å². The van der Waals surface area contributed by atoms with Crippen LogP contribution in [0, 0.1) is 0 Å². The minimum atomic E-state index is -0.764. The monoisotopic (exact) mass is 643 g/mol. The third-order valence-corrected chi connectivity index (χ3v) is 7.25. The van der Waals surface area contributed by atoms with Gasteiger partial charge in [-0.15, -0.1) is 0 Å². The summed E-state index contributed by atoms with van der Waals surface area (Å²) in [5.41, 5.74) is 9.52. The fourth-order valence-electron chi connectivity index (χ4n) is 4.70. The third-order valence-electron chi connectivity index (χ3n) is 7.25. The Hall–Kier alpha value is -5.46. The fourth-order valence-corrected chi connectivity index (χ4v) is 4.70. The summed E-state index contributed by atoms with van der Waals surface area (Å²) >= 11 is 0. The summed E-state index contributed by atoms with van der Waals surface area (Å²) in [6, 6.07) is 18.0. The van der Waals surface area contributed by atoms with Gasteiger partial charge in [-0.1, -0.05) is 25.8 Å². The molecule has 0 unspecified atom stereocenters. The average Bonchev–Trinajstić information content (AvgIpc) is 3.40. The van der Waals surface area contributed by atoms with Crippen molar-refractivity contribution in [3.8, 4) is 0 Å². The van der Waals surface area contributed by atoms with Crippen LogP contribution in [0.15, 0.2) is 71.9 Å². The van der Waals surface area contributed by atoms with Gasteiger partial charge < -0.3 is 29.8 Å². The van der Waals surface area contributed by atoms with Crippen molar-refractivity contribution in [3.05, 3.63) is 83.8 Å². The number of hydrogen-bond donors (Lipinski definition) is 2. The maximum absolute atomic E-state index is 13.6. The molecule has 0 saturated carbocycles. The zero-order valence-corrected chi connectivity index (χ0v) is 27.0. The van der Waals surface area contributed by atoms with Gasteiger partial charge in [0.1, 0.15) is 17.5 Å². The Morgan fingerprint density at radius 3 is 2.49 bits per heavy atom. The second-order valence-corrected chi connectivity index (χ2v) is 10.5. The highest BCUT2D eigenvalue weighted by Gasteiger charge is 2.21. The van der Waals surface area contributed by atoms with E-state index in [4.69, 9.17) is 24.9 Å². The van der Waals surface area contributed by atoms with Crippen LogP contribution >= 0.6 is 0 Å². The molecule has 2 aromatic carbocycles.